The molecule has 5 heteroatoms. The molecule has 0 amide bonds. The number of rotatable bonds is 3. The third kappa shape index (κ3) is 2.81. The van der Waals surface area contributed by atoms with E-state index in [9.17, 15) is 0 Å². The number of benzene rings is 1. The Morgan fingerprint density at radius 3 is 2.74 bits per heavy atom. The van der Waals surface area contributed by atoms with Crippen LogP contribution >= 0.6 is 11.6 Å². The van der Waals surface area contributed by atoms with Crippen molar-refractivity contribution in [2.24, 2.45) is 0 Å². The lowest BCUT2D eigenvalue weighted by Crippen LogP contribution is -1.97. The predicted octanol–water partition coefficient (Wildman–Crippen LogP) is 4.26. The Morgan fingerprint density at radius 1 is 1.00 bits per heavy atom. The number of fused-ring (bicyclic) bond motifs is 1. The molecule has 0 spiro atoms. The van der Waals surface area contributed by atoms with Crippen LogP contribution in [-0.4, -0.2) is 19.9 Å². The van der Waals surface area contributed by atoms with Gasteiger partial charge in [0.2, 0.25) is 0 Å². The molecule has 1 N–H and O–H groups in total. The van der Waals surface area contributed by atoms with Gasteiger partial charge in [-0.15, -0.1) is 0 Å². The van der Waals surface area contributed by atoms with E-state index in [0.29, 0.717) is 6.42 Å². The number of nitrogens with zero attached hydrogens (tertiary/aromatic N) is 3. The van der Waals surface area contributed by atoms with Crippen molar-refractivity contribution in [1.29, 1.82) is 0 Å². The normalized spacial score (nSPS) is 11.0. The number of aromatic nitrogens is 4. The first kappa shape index (κ1) is 13.9. The van der Waals surface area contributed by atoms with Gasteiger partial charge in [-0.2, -0.15) is 0 Å². The van der Waals surface area contributed by atoms with Gasteiger partial charge in [-0.05, 0) is 29.8 Å². The van der Waals surface area contributed by atoms with Crippen LogP contribution in [0.25, 0.3) is 22.2 Å². The van der Waals surface area contributed by atoms with E-state index >= 15 is 0 Å². The van der Waals surface area contributed by atoms with Gasteiger partial charge in [0.05, 0.1) is 5.69 Å². The monoisotopic (exact) mass is 320 g/mol. The maximum absolute atomic E-state index is 5.92. The lowest BCUT2D eigenvalue weighted by Gasteiger charge is -2.04. The van der Waals surface area contributed by atoms with Crippen LogP contribution in [0.4, 0.5) is 0 Å². The molecule has 0 aliphatic carbocycles. The standard InChI is InChI=1S/C18H13ClN4/c19-13-3-1-12(2-4-13)9-18-21-8-6-17(23-18)15-11-22-16-5-7-20-10-14(15)16/h1-8,10-11,22H,9H2. The van der Waals surface area contributed by atoms with Gasteiger partial charge in [-0.25, -0.2) is 9.97 Å². The summed E-state index contributed by atoms with van der Waals surface area (Å²) in [5.41, 5.74) is 4.11. The summed E-state index contributed by atoms with van der Waals surface area (Å²) in [5.74, 6) is 0.781. The second-order valence-electron chi connectivity index (χ2n) is 5.28. The SMILES string of the molecule is Clc1ccc(Cc2nccc(-c3c[nH]c4ccncc34)n2)cc1. The highest BCUT2D eigenvalue weighted by Crippen LogP contribution is 2.26. The Balaban J connectivity index is 1.70. The Morgan fingerprint density at radius 2 is 1.87 bits per heavy atom. The van der Waals surface area contributed by atoms with Gasteiger partial charge in [-0.1, -0.05) is 23.7 Å². The summed E-state index contributed by atoms with van der Waals surface area (Å²) < 4.78 is 0. The predicted molar refractivity (Wildman–Crippen MR) is 91.4 cm³/mol. The van der Waals surface area contributed by atoms with E-state index in [1.807, 2.05) is 48.8 Å². The third-order valence-electron chi connectivity index (χ3n) is 3.74. The van der Waals surface area contributed by atoms with Crippen LogP contribution in [0, 0.1) is 0 Å². The number of H-pyrrole nitrogens is 1. The second kappa shape index (κ2) is 5.82. The molecule has 4 nitrogen and oxygen atoms in total. The number of halogens is 1. The van der Waals surface area contributed by atoms with Crippen LogP contribution in [0.1, 0.15) is 11.4 Å². The first-order valence-corrected chi connectivity index (χ1v) is 7.65. The Kier molecular flexibility index (Phi) is 3.52. The molecule has 3 aromatic heterocycles. The number of hydrogen-bond donors (Lipinski definition) is 1. The van der Waals surface area contributed by atoms with E-state index < -0.39 is 0 Å². The molecular weight excluding hydrogens is 308 g/mol. The summed E-state index contributed by atoms with van der Waals surface area (Å²) in [7, 11) is 0. The van der Waals surface area contributed by atoms with E-state index in [-0.39, 0.29) is 0 Å². The molecule has 0 atom stereocenters. The van der Waals surface area contributed by atoms with Gasteiger partial charge >= 0.3 is 0 Å². The lowest BCUT2D eigenvalue weighted by atomic mass is 10.1. The summed E-state index contributed by atoms with van der Waals surface area (Å²) in [5, 5.41) is 1.79. The van der Waals surface area contributed by atoms with Crippen molar-refractivity contribution >= 4 is 22.5 Å². The van der Waals surface area contributed by atoms with Crippen LogP contribution in [0.3, 0.4) is 0 Å². The summed E-state index contributed by atoms with van der Waals surface area (Å²) in [4.78, 5) is 16.5. The van der Waals surface area contributed by atoms with Crippen LogP contribution in [0.15, 0.2) is 61.2 Å². The van der Waals surface area contributed by atoms with E-state index in [0.717, 1.165) is 38.6 Å². The zero-order valence-electron chi connectivity index (χ0n) is 12.2. The van der Waals surface area contributed by atoms with Crippen molar-refractivity contribution in [2.75, 3.05) is 0 Å². The topological polar surface area (TPSA) is 54.5 Å². The van der Waals surface area contributed by atoms with Crippen molar-refractivity contribution in [3.05, 3.63) is 77.6 Å². The largest absolute Gasteiger partial charge is 0.360 e. The van der Waals surface area contributed by atoms with Gasteiger partial charge in [0.25, 0.3) is 0 Å². The average molecular weight is 321 g/mol. The van der Waals surface area contributed by atoms with E-state index in [2.05, 4.69) is 15.0 Å². The first-order chi connectivity index (χ1) is 11.3. The molecule has 3 heterocycles. The molecule has 112 valence electrons. The van der Waals surface area contributed by atoms with Crippen molar-refractivity contribution in [2.45, 2.75) is 6.42 Å². The quantitative estimate of drug-likeness (QED) is 0.613. The van der Waals surface area contributed by atoms with Gasteiger partial charge < -0.3 is 4.98 Å². The molecule has 4 aromatic rings. The van der Waals surface area contributed by atoms with Gasteiger partial charge in [0.1, 0.15) is 5.82 Å². The van der Waals surface area contributed by atoms with Crippen LogP contribution in [-0.2, 0) is 6.42 Å². The Bertz CT molecular complexity index is 960. The molecule has 1 aromatic carbocycles. The molecule has 0 fully saturated rings. The van der Waals surface area contributed by atoms with E-state index in [1.54, 1.807) is 12.4 Å². The highest BCUT2D eigenvalue weighted by atomic mass is 35.5. The number of aromatic amines is 1. The number of hydrogen-bond acceptors (Lipinski definition) is 3. The van der Waals surface area contributed by atoms with Crippen molar-refractivity contribution < 1.29 is 0 Å². The number of pyridine rings is 1. The highest BCUT2D eigenvalue weighted by molar-refractivity contribution is 6.30. The minimum Gasteiger partial charge on any atom is -0.360 e. The minimum absolute atomic E-state index is 0.672. The van der Waals surface area contributed by atoms with Crippen LogP contribution in [0.2, 0.25) is 5.02 Å². The summed E-state index contributed by atoms with van der Waals surface area (Å²) in [6.07, 6.45) is 8.05. The van der Waals surface area contributed by atoms with E-state index in [1.165, 1.54) is 0 Å². The molecule has 0 saturated carbocycles. The van der Waals surface area contributed by atoms with Crippen LogP contribution < -0.4 is 0 Å². The third-order valence-corrected chi connectivity index (χ3v) is 3.99. The molecule has 23 heavy (non-hydrogen) atoms. The summed E-state index contributed by atoms with van der Waals surface area (Å²) in [6, 6.07) is 11.6. The van der Waals surface area contributed by atoms with Gasteiger partial charge in [-0.3, -0.25) is 4.98 Å². The van der Waals surface area contributed by atoms with Crippen molar-refractivity contribution in [1.82, 2.24) is 19.9 Å². The molecule has 0 radical (unpaired) electrons. The first-order valence-electron chi connectivity index (χ1n) is 7.27. The second-order valence-corrected chi connectivity index (χ2v) is 5.72. The van der Waals surface area contributed by atoms with Crippen molar-refractivity contribution in [3.8, 4) is 11.3 Å². The van der Waals surface area contributed by atoms with Gasteiger partial charge in [0.15, 0.2) is 0 Å². The lowest BCUT2D eigenvalue weighted by molar-refractivity contribution is 0.972. The minimum atomic E-state index is 0.672. The average Bonchev–Trinajstić information content (AvgIpc) is 3.01. The fourth-order valence-electron chi connectivity index (χ4n) is 2.59. The maximum atomic E-state index is 5.92. The summed E-state index contributed by atoms with van der Waals surface area (Å²) in [6.45, 7) is 0. The van der Waals surface area contributed by atoms with Gasteiger partial charge in [0, 0.05) is 52.7 Å². The Hall–Kier alpha value is -2.72. The zero-order valence-corrected chi connectivity index (χ0v) is 13.0. The van der Waals surface area contributed by atoms with E-state index in [4.69, 9.17) is 16.6 Å². The maximum Gasteiger partial charge on any atom is 0.133 e. The Labute approximate surface area is 138 Å². The van der Waals surface area contributed by atoms with Crippen LogP contribution in [0.5, 0.6) is 0 Å². The zero-order chi connectivity index (χ0) is 15.6. The van der Waals surface area contributed by atoms with Crippen molar-refractivity contribution in [3.63, 3.8) is 0 Å². The fraction of sp³-hybridized carbons (Fsp3) is 0.0556. The molecule has 0 bridgehead atoms. The molecular formula is C18H13ClN4. The molecule has 0 unspecified atom stereocenters. The smallest absolute Gasteiger partial charge is 0.133 e. The molecule has 0 saturated heterocycles. The fourth-order valence-corrected chi connectivity index (χ4v) is 2.72. The molecule has 4 rings (SSSR count). The molecule has 0 aliphatic rings. The molecule has 0 aliphatic heterocycles. The summed E-state index contributed by atoms with van der Waals surface area (Å²) >= 11 is 5.92. The number of nitrogens with one attached hydrogen (secondary N) is 1. The highest BCUT2D eigenvalue weighted by Gasteiger charge is 2.09.